The molecule has 2 aromatic carbocycles. The van der Waals surface area contributed by atoms with E-state index in [1.54, 1.807) is 12.0 Å². The van der Waals surface area contributed by atoms with Crippen molar-refractivity contribution in [3.05, 3.63) is 65.2 Å². The van der Waals surface area contributed by atoms with Gasteiger partial charge in [0, 0.05) is 18.8 Å². The number of hydrogen-bond acceptors (Lipinski definition) is 4. The first-order chi connectivity index (χ1) is 13.5. The highest BCUT2D eigenvalue weighted by Gasteiger charge is 2.60. The molecule has 1 spiro atoms. The molecule has 2 aromatic rings. The Morgan fingerprint density at radius 3 is 2.32 bits per heavy atom. The van der Waals surface area contributed by atoms with Crippen LogP contribution in [0, 0.1) is 13.8 Å². The van der Waals surface area contributed by atoms with E-state index in [1.807, 2.05) is 67.4 Å². The SMILES string of the molecule is CON1CCC2(CC1)C(=O)C(c1cc(C)ccc1C)C(=O)N2c1ccccc1. The third-order valence-electron chi connectivity index (χ3n) is 6.18. The Bertz CT molecular complexity index is 901. The molecular weight excluding hydrogens is 352 g/mol. The molecule has 5 heteroatoms. The molecule has 0 bridgehead atoms. The molecule has 146 valence electrons. The smallest absolute Gasteiger partial charge is 0.243 e. The van der Waals surface area contributed by atoms with Crippen LogP contribution in [0.5, 0.6) is 0 Å². The van der Waals surface area contributed by atoms with Gasteiger partial charge >= 0.3 is 0 Å². The number of hydrogen-bond donors (Lipinski definition) is 0. The lowest BCUT2D eigenvalue weighted by molar-refractivity contribution is -0.155. The quantitative estimate of drug-likeness (QED) is 0.768. The molecule has 1 amide bonds. The van der Waals surface area contributed by atoms with Crippen molar-refractivity contribution in [2.75, 3.05) is 25.1 Å². The molecule has 0 aromatic heterocycles. The van der Waals surface area contributed by atoms with Crippen molar-refractivity contribution in [3.8, 4) is 0 Å². The molecule has 2 aliphatic heterocycles. The van der Waals surface area contributed by atoms with E-state index in [4.69, 9.17) is 4.84 Å². The molecule has 4 rings (SSSR count). The lowest BCUT2D eigenvalue weighted by atomic mass is 9.79. The number of rotatable bonds is 3. The van der Waals surface area contributed by atoms with Gasteiger partial charge in [-0.25, -0.2) is 0 Å². The number of carbonyl (C=O) groups is 2. The van der Waals surface area contributed by atoms with Gasteiger partial charge in [-0.05, 0) is 49.9 Å². The number of hydroxylamine groups is 2. The molecule has 0 radical (unpaired) electrons. The number of benzene rings is 2. The first-order valence-corrected chi connectivity index (χ1v) is 9.77. The average molecular weight is 378 g/mol. The van der Waals surface area contributed by atoms with E-state index in [0.29, 0.717) is 25.9 Å². The summed E-state index contributed by atoms with van der Waals surface area (Å²) in [6.45, 7) is 5.21. The van der Waals surface area contributed by atoms with Gasteiger partial charge in [-0.15, -0.1) is 0 Å². The number of nitrogens with zero attached hydrogens (tertiary/aromatic N) is 2. The minimum Gasteiger partial charge on any atom is -0.302 e. The Balaban J connectivity index is 1.83. The first kappa shape index (κ1) is 18.8. The lowest BCUT2D eigenvalue weighted by Gasteiger charge is -2.42. The van der Waals surface area contributed by atoms with Gasteiger partial charge in [0.05, 0.1) is 7.11 Å². The van der Waals surface area contributed by atoms with Gasteiger partial charge in [0.25, 0.3) is 0 Å². The normalized spacial score (nSPS) is 22.2. The number of Topliss-reactive ketones (excluding diaryl/α,β-unsaturated/α-hetero) is 1. The average Bonchev–Trinajstić information content (AvgIpc) is 2.92. The van der Waals surface area contributed by atoms with E-state index in [2.05, 4.69) is 0 Å². The third kappa shape index (κ3) is 2.86. The highest BCUT2D eigenvalue weighted by atomic mass is 16.7. The summed E-state index contributed by atoms with van der Waals surface area (Å²) in [6, 6.07) is 15.6. The molecule has 2 saturated heterocycles. The maximum Gasteiger partial charge on any atom is 0.243 e. The summed E-state index contributed by atoms with van der Waals surface area (Å²) in [5, 5.41) is 1.86. The number of amides is 1. The topological polar surface area (TPSA) is 49.9 Å². The second kappa shape index (κ2) is 7.15. The molecule has 2 fully saturated rings. The van der Waals surface area contributed by atoms with Crippen LogP contribution in [0.1, 0.15) is 35.4 Å². The summed E-state index contributed by atoms with van der Waals surface area (Å²) < 4.78 is 0. The van der Waals surface area contributed by atoms with Crippen LogP contribution < -0.4 is 4.90 Å². The molecule has 5 nitrogen and oxygen atoms in total. The maximum atomic E-state index is 13.8. The van der Waals surface area contributed by atoms with Crippen molar-refractivity contribution < 1.29 is 14.4 Å². The van der Waals surface area contributed by atoms with Crippen LogP contribution in [0.4, 0.5) is 5.69 Å². The zero-order valence-electron chi connectivity index (χ0n) is 16.6. The van der Waals surface area contributed by atoms with Crippen LogP contribution >= 0.6 is 0 Å². The standard InChI is InChI=1S/C23H26N2O3/c1-16-9-10-17(2)19(15-16)20-21(26)23(11-13-24(28-3)14-12-23)25(22(20)27)18-7-5-4-6-8-18/h4-10,15,20H,11-14H2,1-3H3. The zero-order valence-corrected chi connectivity index (χ0v) is 16.6. The van der Waals surface area contributed by atoms with E-state index in [0.717, 1.165) is 22.4 Å². The molecule has 28 heavy (non-hydrogen) atoms. The number of aryl methyl sites for hydroxylation is 2. The molecule has 1 unspecified atom stereocenters. The van der Waals surface area contributed by atoms with Crippen molar-refractivity contribution in [1.29, 1.82) is 0 Å². The second-order valence-electron chi connectivity index (χ2n) is 7.81. The summed E-state index contributed by atoms with van der Waals surface area (Å²) in [7, 11) is 1.65. The zero-order chi connectivity index (χ0) is 19.9. The van der Waals surface area contributed by atoms with Crippen LogP contribution in [0.2, 0.25) is 0 Å². The first-order valence-electron chi connectivity index (χ1n) is 9.77. The Morgan fingerprint density at radius 1 is 1.00 bits per heavy atom. The van der Waals surface area contributed by atoms with Crippen LogP contribution in [-0.4, -0.2) is 42.5 Å². The van der Waals surface area contributed by atoms with E-state index < -0.39 is 11.5 Å². The maximum absolute atomic E-state index is 13.8. The Morgan fingerprint density at radius 2 is 1.68 bits per heavy atom. The molecule has 1 atom stereocenters. The minimum atomic E-state index is -0.811. The molecule has 2 heterocycles. The Labute approximate surface area is 165 Å². The minimum absolute atomic E-state index is 0.0193. The summed E-state index contributed by atoms with van der Waals surface area (Å²) in [4.78, 5) is 34.6. The fraction of sp³-hybridized carbons (Fsp3) is 0.391. The van der Waals surface area contributed by atoms with Gasteiger partial charge < -0.3 is 4.84 Å². The third-order valence-corrected chi connectivity index (χ3v) is 6.18. The summed E-state index contributed by atoms with van der Waals surface area (Å²) >= 11 is 0. The predicted molar refractivity (Wildman–Crippen MR) is 108 cm³/mol. The molecular formula is C23H26N2O3. The van der Waals surface area contributed by atoms with Gasteiger partial charge in [-0.1, -0.05) is 42.0 Å². The van der Waals surface area contributed by atoms with Crippen LogP contribution in [0.3, 0.4) is 0 Å². The van der Waals surface area contributed by atoms with E-state index >= 15 is 0 Å². The van der Waals surface area contributed by atoms with Crippen molar-refractivity contribution in [3.63, 3.8) is 0 Å². The number of carbonyl (C=O) groups excluding carboxylic acids is 2. The highest BCUT2D eigenvalue weighted by molar-refractivity contribution is 6.25. The van der Waals surface area contributed by atoms with Crippen molar-refractivity contribution in [1.82, 2.24) is 5.06 Å². The van der Waals surface area contributed by atoms with Gasteiger partial charge in [-0.2, -0.15) is 5.06 Å². The van der Waals surface area contributed by atoms with Gasteiger partial charge in [0.2, 0.25) is 5.91 Å². The molecule has 2 aliphatic rings. The van der Waals surface area contributed by atoms with Gasteiger partial charge in [-0.3, -0.25) is 14.5 Å². The summed E-state index contributed by atoms with van der Waals surface area (Å²) in [5.74, 6) is -0.837. The molecule has 0 N–H and O–H groups in total. The fourth-order valence-corrected chi connectivity index (χ4v) is 4.64. The van der Waals surface area contributed by atoms with E-state index in [-0.39, 0.29) is 11.7 Å². The van der Waals surface area contributed by atoms with Crippen molar-refractivity contribution in [2.45, 2.75) is 38.1 Å². The van der Waals surface area contributed by atoms with Crippen LogP contribution in [0.25, 0.3) is 0 Å². The second-order valence-corrected chi connectivity index (χ2v) is 7.81. The number of ketones is 1. The van der Waals surface area contributed by atoms with E-state index in [1.165, 1.54) is 0 Å². The van der Waals surface area contributed by atoms with E-state index in [9.17, 15) is 9.59 Å². The number of para-hydroxylation sites is 1. The summed E-state index contributed by atoms with van der Waals surface area (Å²) in [5.41, 5.74) is 2.86. The monoisotopic (exact) mass is 378 g/mol. The van der Waals surface area contributed by atoms with Crippen molar-refractivity contribution in [2.24, 2.45) is 0 Å². The Kier molecular flexibility index (Phi) is 4.81. The van der Waals surface area contributed by atoms with Crippen LogP contribution in [0.15, 0.2) is 48.5 Å². The predicted octanol–water partition coefficient (Wildman–Crippen LogP) is 3.40. The fourth-order valence-electron chi connectivity index (χ4n) is 4.64. The molecule has 0 saturated carbocycles. The van der Waals surface area contributed by atoms with Crippen molar-refractivity contribution >= 4 is 17.4 Å². The summed E-state index contributed by atoms with van der Waals surface area (Å²) in [6.07, 6.45) is 1.14. The number of piperidine rings is 1. The molecule has 0 aliphatic carbocycles. The highest BCUT2D eigenvalue weighted by Crippen LogP contribution is 2.46. The lowest BCUT2D eigenvalue weighted by Crippen LogP contribution is -2.56. The number of anilines is 1. The van der Waals surface area contributed by atoms with Gasteiger partial charge in [0.1, 0.15) is 11.5 Å². The van der Waals surface area contributed by atoms with Gasteiger partial charge in [0.15, 0.2) is 5.78 Å². The van der Waals surface area contributed by atoms with Crippen LogP contribution in [-0.2, 0) is 14.4 Å². The largest absolute Gasteiger partial charge is 0.302 e. The Hall–Kier alpha value is -2.50.